The predicted octanol–water partition coefficient (Wildman–Crippen LogP) is 2.72. The van der Waals surface area contributed by atoms with Gasteiger partial charge >= 0.3 is 5.97 Å². The Labute approximate surface area is 125 Å². The normalized spacial score (nSPS) is 11.9. The molecule has 0 aromatic heterocycles. The summed E-state index contributed by atoms with van der Waals surface area (Å²) < 4.78 is 15.2. The maximum Gasteiger partial charge on any atom is 0.316 e. The van der Waals surface area contributed by atoms with Crippen molar-refractivity contribution in [1.82, 2.24) is 0 Å². The molecule has 21 heavy (non-hydrogen) atoms. The average Bonchev–Trinajstić information content (AvgIpc) is 2.49. The number of Topliss-reactive ketones (excluding diaryl/α,β-unsaturated/α-hetero) is 1. The summed E-state index contributed by atoms with van der Waals surface area (Å²) in [5.74, 6) is -0.792. The van der Waals surface area contributed by atoms with E-state index in [2.05, 4.69) is 0 Å². The van der Waals surface area contributed by atoms with Crippen molar-refractivity contribution in [3.63, 3.8) is 0 Å². The van der Waals surface area contributed by atoms with Crippen LogP contribution in [0.3, 0.4) is 0 Å². The second-order valence-corrected chi connectivity index (χ2v) is 5.11. The zero-order valence-electron chi connectivity index (χ0n) is 13.1. The van der Waals surface area contributed by atoms with E-state index in [4.69, 9.17) is 14.2 Å². The molecule has 0 radical (unpaired) electrons. The van der Waals surface area contributed by atoms with Crippen molar-refractivity contribution in [3.05, 3.63) is 23.8 Å². The SMILES string of the molecule is COC(=O)C(CC(C)C)C(=O)c1c(OC)cccc1OC. The Balaban J connectivity index is 3.28. The third-order valence-corrected chi connectivity index (χ3v) is 3.18. The molecular formula is C16H22O5. The summed E-state index contributed by atoms with van der Waals surface area (Å²) >= 11 is 0. The molecule has 0 spiro atoms. The van der Waals surface area contributed by atoms with Gasteiger partial charge in [0, 0.05) is 0 Å². The highest BCUT2D eigenvalue weighted by atomic mass is 16.5. The van der Waals surface area contributed by atoms with E-state index in [1.807, 2.05) is 13.8 Å². The predicted molar refractivity (Wildman–Crippen MR) is 78.8 cm³/mol. The van der Waals surface area contributed by atoms with Crippen LogP contribution in [0, 0.1) is 11.8 Å². The molecule has 5 heteroatoms. The van der Waals surface area contributed by atoms with Crippen LogP contribution in [0.1, 0.15) is 30.6 Å². The van der Waals surface area contributed by atoms with Gasteiger partial charge in [-0.3, -0.25) is 9.59 Å². The van der Waals surface area contributed by atoms with Crippen molar-refractivity contribution in [2.24, 2.45) is 11.8 Å². The molecule has 1 aromatic rings. The maximum absolute atomic E-state index is 12.8. The third kappa shape index (κ3) is 3.97. The molecule has 0 N–H and O–H groups in total. The van der Waals surface area contributed by atoms with Crippen LogP contribution >= 0.6 is 0 Å². The quantitative estimate of drug-likeness (QED) is 0.439. The summed E-state index contributed by atoms with van der Waals surface area (Å²) in [6.45, 7) is 3.89. The number of benzene rings is 1. The number of carbonyl (C=O) groups excluding carboxylic acids is 2. The first-order chi connectivity index (χ1) is 9.96. The molecule has 1 atom stereocenters. The van der Waals surface area contributed by atoms with Crippen LogP contribution in [-0.4, -0.2) is 33.1 Å². The van der Waals surface area contributed by atoms with Crippen LogP contribution in [0.5, 0.6) is 11.5 Å². The molecule has 0 aliphatic heterocycles. The Morgan fingerprint density at radius 1 is 1.05 bits per heavy atom. The largest absolute Gasteiger partial charge is 0.496 e. The van der Waals surface area contributed by atoms with E-state index in [9.17, 15) is 9.59 Å². The van der Waals surface area contributed by atoms with E-state index in [1.165, 1.54) is 21.3 Å². The highest BCUT2D eigenvalue weighted by Crippen LogP contribution is 2.32. The van der Waals surface area contributed by atoms with Gasteiger partial charge < -0.3 is 14.2 Å². The highest BCUT2D eigenvalue weighted by molar-refractivity contribution is 6.11. The van der Waals surface area contributed by atoms with Crippen molar-refractivity contribution in [3.8, 4) is 11.5 Å². The lowest BCUT2D eigenvalue weighted by Crippen LogP contribution is -2.27. The Morgan fingerprint density at radius 2 is 1.57 bits per heavy atom. The molecule has 0 saturated heterocycles. The topological polar surface area (TPSA) is 61.8 Å². The number of ether oxygens (including phenoxy) is 3. The molecule has 1 unspecified atom stereocenters. The van der Waals surface area contributed by atoms with Crippen molar-refractivity contribution in [2.45, 2.75) is 20.3 Å². The molecule has 0 bridgehead atoms. The number of hydrogen-bond donors (Lipinski definition) is 0. The van der Waals surface area contributed by atoms with E-state index in [1.54, 1.807) is 18.2 Å². The lowest BCUT2D eigenvalue weighted by molar-refractivity contribution is -0.144. The second kappa shape index (κ2) is 7.67. The van der Waals surface area contributed by atoms with Crippen LogP contribution < -0.4 is 9.47 Å². The second-order valence-electron chi connectivity index (χ2n) is 5.11. The van der Waals surface area contributed by atoms with Gasteiger partial charge in [-0.25, -0.2) is 0 Å². The first kappa shape index (κ1) is 17.0. The number of methoxy groups -OCH3 is 3. The minimum absolute atomic E-state index is 0.179. The molecule has 0 heterocycles. The highest BCUT2D eigenvalue weighted by Gasteiger charge is 2.33. The lowest BCUT2D eigenvalue weighted by Gasteiger charge is -2.18. The van der Waals surface area contributed by atoms with Crippen molar-refractivity contribution >= 4 is 11.8 Å². The van der Waals surface area contributed by atoms with E-state index in [0.29, 0.717) is 17.9 Å². The first-order valence-corrected chi connectivity index (χ1v) is 6.79. The van der Waals surface area contributed by atoms with Gasteiger partial charge in [-0.1, -0.05) is 19.9 Å². The van der Waals surface area contributed by atoms with Gasteiger partial charge in [0.1, 0.15) is 23.0 Å². The Kier molecular flexibility index (Phi) is 6.21. The Morgan fingerprint density at radius 3 is 1.95 bits per heavy atom. The minimum atomic E-state index is -0.861. The summed E-state index contributed by atoms with van der Waals surface area (Å²) in [5.41, 5.74) is 0.276. The molecule has 116 valence electrons. The summed E-state index contributed by atoms with van der Waals surface area (Å²) in [4.78, 5) is 24.7. The molecule has 0 saturated carbocycles. The van der Waals surface area contributed by atoms with E-state index in [-0.39, 0.29) is 17.3 Å². The van der Waals surface area contributed by atoms with Gasteiger partial charge in [0.05, 0.1) is 21.3 Å². The molecular weight excluding hydrogens is 272 g/mol. The number of rotatable bonds is 7. The van der Waals surface area contributed by atoms with Gasteiger partial charge in [0.15, 0.2) is 5.78 Å². The van der Waals surface area contributed by atoms with Crippen molar-refractivity contribution < 1.29 is 23.8 Å². The zero-order chi connectivity index (χ0) is 16.0. The summed E-state index contributed by atoms with van der Waals surface area (Å²) in [6.07, 6.45) is 0.409. The van der Waals surface area contributed by atoms with E-state index in [0.717, 1.165) is 0 Å². The average molecular weight is 294 g/mol. The van der Waals surface area contributed by atoms with Gasteiger partial charge in [-0.05, 0) is 24.5 Å². The molecule has 1 aromatic carbocycles. The third-order valence-electron chi connectivity index (χ3n) is 3.18. The summed E-state index contributed by atoms with van der Waals surface area (Å²) in [6, 6.07) is 5.06. The van der Waals surface area contributed by atoms with Crippen molar-refractivity contribution in [2.75, 3.05) is 21.3 Å². The smallest absolute Gasteiger partial charge is 0.316 e. The van der Waals surface area contributed by atoms with Gasteiger partial charge in [0.25, 0.3) is 0 Å². The van der Waals surface area contributed by atoms with E-state index < -0.39 is 11.9 Å². The molecule has 5 nitrogen and oxygen atoms in total. The monoisotopic (exact) mass is 294 g/mol. The summed E-state index contributed by atoms with van der Waals surface area (Å²) in [5, 5.41) is 0. The Bertz CT molecular complexity index is 485. The standard InChI is InChI=1S/C16H22O5/c1-10(2)9-11(16(18)21-5)15(17)14-12(19-3)7-6-8-13(14)20-4/h6-8,10-11H,9H2,1-5H3. The number of hydrogen-bond acceptors (Lipinski definition) is 5. The van der Waals surface area contributed by atoms with Crippen molar-refractivity contribution in [1.29, 1.82) is 0 Å². The minimum Gasteiger partial charge on any atom is -0.496 e. The van der Waals surface area contributed by atoms with Crippen LogP contribution in [0.4, 0.5) is 0 Å². The van der Waals surface area contributed by atoms with Crippen LogP contribution in [-0.2, 0) is 9.53 Å². The van der Waals surface area contributed by atoms with Crippen LogP contribution in [0.2, 0.25) is 0 Å². The fraction of sp³-hybridized carbons (Fsp3) is 0.500. The Hall–Kier alpha value is -2.04. The molecule has 1 rings (SSSR count). The van der Waals surface area contributed by atoms with Crippen LogP contribution in [0.25, 0.3) is 0 Å². The molecule has 0 aliphatic carbocycles. The first-order valence-electron chi connectivity index (χ1n) is 6.79. The number of esters is 1. The van der Waals surface area contributed by atoms with E-state index >= 15 is 0 Å². The number of ketones is 1. The molecule has 0 aliphatic rings. The van der Waals surface area contributed by atoms with Gasteiger partial charge in [-0.2, -0.15) is 0 Å². The fourth-order valence-corrected chi connectivity index (χ4v) is 2.19. The van der Waals surface area contributed by atoms with Crippen LogP contribution in [0.15, 0.2) is 18.2 Å². The zero-order valence-corrected chi connectivity index (χ0v) is 13.1. The maximum atomic E-state index is 12.8. The molecule has 0 amide bonds. The lowest BCUT2D eigenvalue weighted by atomic mass is 9.89. The fourth-order valence-electron chi connectivity index (χ4n) is 2.19. The number of carbonyl (C=O) groups is 2. The van der Waals surface area contributed by atoms with Gasteiger partial charge in [0.2, 0.25) is 0 Å². The van der Waals surface area contributed by atoms with Gasteiger partial charge in [-0.15, -0.1) is 0 Å². The summed E-state index contributed by atoms with van der Waals surface area (Å²) in [7, 11) is 4.23. The molecule has 0 fully saturated rings.